The van der Waals surface area contributed by atoms with E-state index < -0.39 is 30.9 Å². The maximum absolute atomic E-state index is 11.8. The average molecular weight is 294 g/mol. The third-order valence-corrected chi connectivity index (χ3v) is 2.70. The van der Waals surface area contributed by atoms with Gasteiger partial charge in [-0.05, 0) is 24.1 Å². The molecule has 0 aliphatic rings. The number of aryl methyl sites for hydroxylation is 1. The number of carboxylic acid groups (broad SMARTS) is 2. The molecule has 114 valence electrons. The number of benzene rings is 1. The molecule has 0 spiro atoms. The molecule has 0 saturated heterocycles. The number of amides is 1. The van der Waals surface area contributed by atoms with Gasteiger partial charge in [0.05, 0.1) is 19.6 Å². The molecule has 1 amide bonds. The number of aliphatic carboxylic acids is 2. The van der Waals surface area contributed by atoms with Gasteiger partial charge in [0.1, 0.15) is 0 Å². The maximum atomic E-state index is 11.8. The highest BCUT2D eigenvalue weighted by molar-refractivity contribution is 5.92. The van der Waals surface area contributed by atoms with E-state index in [2.05, 4.69) is 5.32 Å². The van der Waals surface area contributed by atoms with Crippen molar-refractivity contribution in [2.24, 2.45) is 0 Å². The minimum atomic E-state index is -1.18. The van der Waals surface area contributed by atoms with Crippen LogP contribution < -0.4 is 5.32 Å². The zero-order valence-corrected chi connectivity index (χ0v) is 11.7. The van der Waals surface area contributed by atoms with Gasteiger partial charge in [0.2, 0.25) is 5.91 Å². The van der Waals surface area contributed by atoms with Crippen molar-refractivity contribution in [3.63, 3.8) is 0 Å². The summed E-state index contributed by atoms with van der Waals surface area (Å²) in [5.74, 6) is -2.82. The van der Waals surface area contributed by atoms with Gasteiger partial charge in [0, 0.05) is 5.69 Å². The number of carbonyl (C=O) groups excluding carboxylic acids is 1. The van der Waals surface area contributed by atoms with E-state index in [-0.39, 0.29) is 6.54 Å². The van der Waals surface area contributed by atoms with Crippen LogP contribution in [0.5, 0.6) is 0 Å². The molecule has 0 fully saturated rings. The van der Waals surface area contributed by atoms with Crippen LogP contribution in [-0.2, 0) is 20.8 Å². The fourth-order valence-electron chi connectivity index (χ4n) is 1.82. The van der Waals surface area contributed by atoms with Crippen molar-refractivity contribution in [1.29, 1.82) is 0 Å². The van der Waals surface area contributed by atoms with E-state index in [1.54, 1.807) is 12.1 Å². The van der Waals surface area contributed by atoms with Crippen LogP contribution in [0, 0.1) is 0 Å². The Balaban J connectivity index is 2.63. The van der Waals surface area contributed by atoms with Crippen LogP contribution in [0.25, 0.3) is 0 Å². The first-order valence-electron chi connectivity index (χ1n) is 6.45. The molecule has 0 heterocycles. The van der Waals surface area contributed by atoms with Crippen LogP contribution in [-0.4, -0.2) is 52.6 Å². The Morgan fingerprint density at radius 1 is 1.10 bits per heavy atom. The summed E-state index contributed by atoms with van der Waals surface area (Å²) in [5.41, 5.74) is 1.66. The molecule has 21 heavy (non-hydrogen) atoms. The molecular formula is C14H18N2O5. The Hall–Kier alpha value is -2.41. The van der Waals surface area contributed by atoms with Gasteiger partial charge in [-0.15, -0.1) is 0 Å². The maximum Gasteiger partial charge on any atom is 0.317 e. The van der Waals surface area contributed by atoms with E-state index in [1.807, 2.05) is 19.1 Å². The Bertz CT molecular complexity index is 514. The second-order valence-electron chi connectivity index (χ2n) is 4.53. The SMILES string of the molecule is CCc1cccc(NC(=O)CN(CC(=O)O)CC(=O)O)c1. The summed E-state index contributed by atoms with van der Waals surface area (Å²) < 4.78 is 0. The second-order valence-corrected chi connectivity index (χ2v) is 4.53. The van der Waals surface area contributed by atoms with Gasteiger partial charge in [-0.3, -0.25) is 19.3 Å². The number of rotatable bonds is 8. The lowest BCUT2D eigenvalue weighted by Gasteiger charge is -2.17. The van der Waals surface area contributed by atoms with Gasteiger partial charge < -0.3 is 15.5 Å². The van der Waals surface area contributed by atoms with Gasteiger partial charge in [0.15, 0.2) is 0 Å². The molecule has 1 aromatic rings. The van der Waals surface area contributed by atoms with Crippen molar-refractivity contribution < 1.29 is 24.6 Å². The number of carboxylic acids is 2. The van der Waals surface area contributed by atoms with Crippen LogP contribution in [0.4, 0.5) is 5.69 Å². The Morgan fingerprint density at radius 2 is 1.71 bits per heavy atom. The van der Waals surface area contributed by atoms with Crippen molar-refractivity contribution in [1.82, 2.24) is 4.90 Å². The smallest absolute Gasteiger partial charge is 0.317 e. The third-order valence-electron chi connectivity index (χ3n) is 2.70. The molecule has 0 aromatic heterocycles. The summed E-state index contributed by atoms with van der Waals surface area (Å²) in [4.78, 5) is 34.2. The quantitative estimate of drug-likeness (QED) is 0.650. The summed E-state index contributed by atoms with van der Waals surface area (Å²) in [6, 6.07) is 7.27. The van der Waals surface area contributed by atoms with Crippen LogP contribution in [0.2, 0.25) is 0 Å². The molecule has 7 nitrogen and oxygen atoms in total. The van der Waals surface area contributed by atoms with Crippen molar-refractivity contribution in [3.05, 3.63) is 29.8 Å². The van der Waals surface area contributed by atoms with Crippen molar-refractivity contribution in [2.45, 2.75) is 13.3 Å². The fraction of sp³-hybridized carbons (Fsp3) is 0.357. The molecule has 0 bridgehead atoms. The molecule has 0 aliphatic heterocycles. The number of hydrogen-bond donors (Lipinski definition) is 3. The Labute approximate surface area is 122 Å². The molecule has 0 aliphatic carbocycles. The highest BCUT2D eigenvalue weighted by Gasteiger charge is 2.17. The van der Waals surface area contributed by atoms with E-state index in [0.717, 1.165) is 16.9 Å². The standard InChI is InChI=1S/C14H18N2O5/c1-2-10-4-3-5-11(6-10)15-12(17)7-16(8-13(18)19)9-14(20)21/h3-6H,2,7-9H2,1H3,(H,15,17)(H,18,19)(H,20,21). The Kier molecular flexibility index (Phi) is 6.35. The van der Waals surface area contributed by atoms with E-state index >= 15 is 0 Å². The van der Waals surface area contributed by atoms with Crippen LogP contribution in [0.3, 0.4) is 0 Å². The van der Waals surface area contributed by atoms with E-state index in [4.69, 9.17) is 10.2 Å². The van der Waals surface area contributed by atoms with Crippen LogP contribution in [0.1, 0.15) is 12.5 Å². The first kappa shape index (κ1) is 16.6. The topological polar surface area (TPSA) is 107 Å². The lowest BCUT2D eigenvalue weighted by Crippen LogP contribution is -2.40. The van der Waals surface area contributed by atoms with Crippen LogP contribution in [0.15, 0.2) is 24.3 Å². The van der Waals surface area contributed by atoms with Gasteiger partial charge in [-0.1, -0.05) is 19.1 Å². The monoisotopic (exact) mass is 294 g/mol. The summed E-state index contributed by atoms with van der Waals surface area (Å²) in [6.07, 6.45) is 0.827. The average Bonchev–Trinajstić information content (AvgIpc) is 2.37. The summed E-state index contributed by atoms with van der Waals surface area (Å²) >= 11 is 0. The Morgan fingerprint density at radius 3 is 2.24 bits per heavy atom. The number of hydrogen-bond acceptors (Lipinski definition) is 4. The van der Waals surface area contributed by atoms with E-state index in [0.29, 0.717) is 5.69 Å². The highest BCUT2D eigenvalue weighted by Crippen LogP contribution is 2.11. The minimum absolute atomic E-state index is 0.297. The number of anilines is 1. The largest absolute Gasteiger partial charge is 0.480 e. The molecule has 1 rings (SSSR count). The summed E-state index contributed by atoms with van der Waals surface area (Å²) in [6.45, 7) is 0.681. The van der Waals surface area contributed by atoms with E-state index in [1.165, 1.54) is 0 Å². The predicted octanol–water partition coefficient (Wildman–Crippen LogP) is 0.659. The molecular weight excluding hydrogens is 276 g/mol. The van der Waals surface area contributed by atoms with Crippen molar-refractivity contribution in [2.75, 3.05) is 25.0 Å². The summed E-state index contributed by atoms with van der Waals surface area (Å²) in [5, 5.41) is 20.0. The molecule has 0 unspecified atom stereocenters. The zero-order valence-electron chi connectivity index (χ0n) is 11.7. The van der Waals surface area contributed by atoms with Crippen LogP contribution >= 0.6 is 0 Å². The van der Waals surface area contributed by atoms with Gasteiger partial charge in [0.25, 0.3) is 0 Å². The fourth-order valence-corrected chi connectivity index (χ4v) is 1.82. The van der Waals surface area contributed by atoms with Gasteiger partial charge in [-0.25, -0.2) is 0 Å². The van der Waals surface area contributed by atoms with Crippen molar-refractivity contribution in [3.8, 4) is 0 Å². The number of nitrogens with one attached hydrogen (secondary N) is 1. The summed E-state index contributed by atoms with van der Waals surface area (Å²) in [7, 11) is 0. The molecule has 3 N–H and O–H groups in total. The second kappa shape index (κ2) is 8.01. The third kappa shape index (κ3) is 6.53. The number of carbonyl (C=O) groups is 3. The van der Waals surface area contributed by atoms with Gasteiger partial charge in [-0.2, -0.15) is 0 Å². The molecule has 0 atom stereocenters. The first-order valence-corrected chi connectivity index (χ1v) is 6.45. The van der Waals surface area contributed by atoms with Gasteiger partial charge >= 0.3 is 11.9 Å². The first-order chi connectivity index (χ1) is 9.90. The lowest BCUT2D eigenvalue weighted by molar-refractivity contribution is -0.142. The minimum Gasteiger partial charge on any atom is -0.480 e. The molecule has 7 heteroatoms. The molecule has 0 radical (unpaired) electrons. The predicted molar refractivity (Wildman–Crippen MR) is 76.2 cm³/mol. The van der Waals surface area contributed by atoms with Crippen molar-refractivity contribution >= 4 is 23.5 Å². The molecule has 1 aromatic carbocycles. The zero-order chi connectivity index (χ0) is 15.8. The normalized spacial score (nSPS) is 10.4. The lowest BCUT2D eigenvalue weighted by atomic mass is 10.1. The van der Waals surface area contributed by atoms with E-state index in [9.17, 15) is 14.4 Å². The number of nitrogens with zero attached hydrogens (tertiary/aromatic N) is 1. The highest BCUT2D eigenvalue weighted by atomic mass is 16.4. The molecule has 0 saturated carbocycles.